The Morgan fingerprint density at radius 2 is 1.67 bits per heavy atom. The van der Waals surface area contributed by atoms with E-state index in [9.17, 15) is 8.42 Å². The summed E-state index contributed by atoms with van der Waals surface area (Å²) in [4.78, 5) is 5.02. The maximum absolute atomic E-state index is 13.6. The lowest BCUT2D eigenvalue weighted by molar-refractivity contribution is 0.148. The van der Waals surface area contributed by atoms with Gasteiger partial charge in [0.2, 0.25) is 0 Å². The normalized spacial score (nSPS) is 16.6. The molecule has 0 N–H and O–H groups in total. The van der Waals surface area contributed by atoms with E-state index in [4.69, 9.17) is 0 Å². The molecule has 2 aromatic carbocycles. The van der Waals surface area contributed by atoms with Crippen LogP contribution in [0, 0.1) is 0 Å². The second-order valence-electron chi connectivity index (χ2n) is 8.39. The van der Waals surface area contributed by atoms with Crippen LogP contribution in [0.15, 0.2) is 58.0 Å². The largest absolute Gasteiger partial charge is 0.304 e. The van der Waals surface area contributed by atoms with E-state index >= 15 is 0 Å². The maximum atomic E-state index is 13.6. The van der Waals surface area contributed by atoms with Gasteiger partial charge in [0.25, 0.3) is 10.0 Å². The summed E-state index contributed by atoms with van der Waals surface area (Å²) in [7, 11) is -1.56. The van der Waals surface area contributed by atoms with Gasteiger partial charge in [0, 0.05) is 48.8 Å². The Kier molecular flexibility index (Phi) is 6.08. The number of aromatic nitrogens is 1. The van der Waals surface area contributed by atoms with Gasteiger partial charge in [0.1, 0.15) is 0 Å². The molecule has 3 aromatic rings. The van der Waals surface area contributed by atoms with Gasteiger partial charge in [0.05, 0.1) is 10.4 Å². The summed E-state index contributed by atoms with van der Waals surface area (Å²) >= 11 is 3.58. The van der Waals surface area contributed by atoms with E-state index in [1.165, 1.54) is 3.97 Å². The fourth-order valence-corrected chi connectivity index (χ4v) is 6.06. The van der Waals surface area contributed by atoms with Gasteiger partial charge in [0.15, 0.2) is 0 Å². The molecule has 0 bridgehead atoms. The molecule has 2 heterocycles. The van der Waals surface area contributed by atoms with Gasteiger partial charge in [-0.05, 0) is 58.2 Å². The highest BCUT2D eigenvalue weighted by atomic mass is 79.9. The topological polar surface area (TPSA) is 45.6 Å². The Morgan fingerprint density at radius 3 is 2.30 bits per heavy atom. The highest BCUT2D eigenvalue weighted by Gasteiger charge is 2.24. The van der Waals surface area contributed by atoms with Gasteiger partial charge < -0.3 is 4.90 Å². The van der Waals surface area contributed by atoms with Crippen molar-refractivity contribution in [1.82, 2.24) is 13.8 Å². The Hall–Kier alpha value is -1.67. The van der Waals surface area contributed by atoms with Gasteiger partial charge in [-0.3, -0.25) is 4.90 Å². The molecule has 0 amide bonds. The average molecular weight is 490 g/mol. The Labute approximate surface area is 187 Å². The molecule has 1 saturated heterocycles. The van der Waals surface area contributed by atoms with Crippen LogP contribution in [-0.4, -0.2) is 55.4 Å². The number of benzene rings is 2. The fraction of sp³-hybridized carbons (Fsp3) is 0.391. The number of halogens is 1. The molecule has 4 rings (SSSR count). The number of para-hydroxylation sites is 1. The molecule has 0 spiro atoms. The first-order valence-corrected chi connectivity index (χ1v) is 12.6. The maximum Gasteiger partial charge on any atom is 0.268 e. The van der Waals surface area contributed by atoms with Crippen molar-refractivity contribution in [2.75, 3.05) is 33.2 Å². The zero-order valence-electron chi connectivity index (χ0n) is 17.7. The molecule has 7 heteroatoms. The predicted octanol–water partition coefficient (Wildman–Crippen LogP) is 4.51. The monoisotopic (exact) mass is 489 g/mol. The van der Waals surface area contributed by atoms with E-state index in [1.54, 1.807) is 18.3 Å². The van der Waals surface area contributed by atoms with Crippen LogP contribution in [0.4, 0.5) is 0 Å². The third-order valence-electron chi connectivity index (χ3n) is 5.92. The third kappa shape index (κ3) is 4.08. The Balaban J connectivity index is 1.76. The van der Waals surface area contributed by atoms with Crippen molar-refractivity contribution in [3.63, 3.8) is 0 Å². The molecule has 0 saturated carbocycles. The summed E-state index contributed by atoms with van der Waals surface area (Å²) in [5.41, 5.74) is 2.87. The summed E-state index contributed by atoms with van der Waals surface area (Å²) in [6.07, 6.45) is 1.80. The molecule has 0 radical (unpaired) electrons. The smallest absolute Gasteiger partial charge is 0.268 e. The molecule has 1 aliphatic heterocycles. The first kappa shape index (κ1) is 21.6. The molecule has 5 nitrogen and oxygen atoms in total. The van der Waals surface area contributed by atoms with Crippen molar-refractivity contribution in [3.8, 4) is 0 Å². The van der Waals surface area contributed by atoms with Crippen LogP contribution in [0.1, 0.15) is 30.9 Å². The SMILES string of the molecule is CC(C)c1ccc(S(=O)(=O)n2cc(CN3CCN(C)CC3)c3cccc(Br)c32)cc1. The molecule has 1 fully saturated rings. The fourth-order valence-electron chi connectivity index (χ4n) is 3.97. The minimum Gasteiger partial charge on any atom is -0.304 e. The summed E-state index contributed by atoms with van der Waals surface area (Å²) in [5.74, 6) is 0.360. The van der Waals surface area contributed by atoms with E-state index in [1.807, 2.05) is 30.3 Å². The Morgan fingerprint density at radius 1 is 1.00 bits per heavy atom. The number of nitrogens with zero attached hydrogens (tertiary/aromatic N) is 3. The van der Waals surface area contributed by atoms with Crippen LogP contribution < -0.4 is 0 Å². The summed E-state index contributed by atoms with van der Waals surface area (Å²) in [5, 5.41) is 0.977. The van der Waals surface area contributed by atoms with Gasteiger partial charge in [-0.2, -0.15) is 0 Å². The number of hydrogen-bond donors (Lipinski definition) is 0. The number of fused-ring (bicyclic) bond motifs is 1. The van der Waals surface area contributed by atoms with Crippen molar-refractivity contribution < 1.29 is 8.42 Å². The van der Waals surface area contributed by atoms with Crippen molar-refractivity contribution in [2.24, 2.45) is 0 Å². The summed E-state index contributed by atoms with van der Waals surface area (Å²) < 4.78 is 29.3. The van der Waals surface area contributed by atoms with Gasteiger partial charge in [-0.15, -0.1) is 0 Å². The van der Waals surface area contributed by atoms with E-state index in [0.717, 1.165) is 53.7 Å². The van der Waals surface area contributed by atoms with Crippen molar-refractivity contribution in [3.05, 3.63) is 64.3 Å². The zero-order valence-corrected chi connectivity index (χ0v) is 20.1. The second-order valence-corrected chi connectivity index (χ2v) is 11.1. The minimum atomic E-state index is -3.70. The van der Waals surface area contributed by atoms with E-state index in [-0.39, 0.29) is 0 Å². The van der Waals surface area contributed by atoms with Crippen molar-refractivity contribution >= 4 is 36.9 Å². The second kappa shape index (κ2) is 8.46. The Bertz CT molecular complexity index is 1150. The van der Waals surface area contributed by atoms with Crippen LogP contribution >= 0.6 is 15.9 Å². The van der Waals surface area contributed by atoms with Crippen molar-refractivity contribution in [2.45, 2.75) is 31.2 Å². The van der Waals surface area contributed by atoms with Gasteiger partial charge >= 0.3 is 0 Å². The standard InChI is InChI=1S/C23H28BrN3O2S/c1-17(2)18-7-9-20(10-8-18)30(28,29)27-16-19(15-26-13-11-25(3)12-14-26)21-5-4-6-22(24)23(21)27/h4-10,16-17H,11-15H2,1-3H3. The minimum absolute atomic E-state index is 0.311. The number of piperazine rings is 1. The number of rotatable bonds is 5. The van der Waals surface area contributed by atoms with Crippen LogP contribution in [-0.2, 0) is 16.6 Å². The lowest BCUT2D eigenvalue weighted by Gasteiger charge is -2.32. The highest BCUT2D eigenvalue weighted by molar-refractivity contribution is 9.10. The van der Waals surface area contributed by atoms with Gasteiger partial charge in [-0.25, -0.2) is 12.4 Å². The molecular weight excluding hydrogens is 462 g/mol. The lowest BCUT2D eigenvalue weighted by Crippen LogP contribution is -2.43. The van der Waals surface area contributed by atoms with E-state index in [2.05, 4.69) is 46.6 Å². The summed E-state index contributed by atoms with van der Waals surface area (Å²) in [6, 6.07) is 13.1. The third-order valence-corrected chi connectivity index (χ3v) is 8.23. The highest BCUT2D eigenvalue weighted by Crippen LogP contribution is 2.32. The lowest BCUT2D eigenvalue weighted by atomic mass is 10.0. The molecule has 0 unspecified atom stereocenters. The molecule has 1 aliphatic rings. The average Bonchev–Trinajstić information content (AvgIpc) is 3.10. The first-order valence-electron chi connectivity index (χ1n) is 10.3. The quantitative estimate of drug-likeness (QED) is 0.528. The van der Waals surface area contributed by atoms with Crippen LogP contribution in [0.25, 0.3) is 10.9 Å². The molecule has 1 aromatic heterocycles. The summed E-state index contributed by atoms with van der Waals surface area (Å²) in [6.45, 7) is 8.98. The van der Waals surface area contributed by atoms with Crippen molar-refractivity contribution in [1.29, 1.82) is 0 Å². The molecular formula is C23H28BrN3O2S. The molecule has 160 valence electrons. The van der Waals surface area contributed by atoms with E-state index in [0.29, 0.717) is 16.3 Å². The number of likely N-dealkylation sites (N-methyl/N-ethyl adjacent to an activating group) is 1. The predicted molar refractivity (Wildman–Crippen MR) is 126 cm³/mol. The van der Waals surface area contributed by atoms with Crippen LogP contribution in [0.2, 0.25) is 0 Å². The van der Waals surface area contributed by atoms with Crippen LogP contribution in [0.3, 0.4) is 0 Å². The molecule has 0 atom stereocenters. The molecule has 30 heavy (non-hydrogen) atoms. The van der Waals surface area contributed by atoms with Gasteiger partial charge in [-0.1, -0.05) is 38.1 Å². The molecule has 0 aliphatic carbocycles. The van der Waals surface area contributed by atoms with E-state index < -0.39 is 10.0 Å². The number of hydrogen-bond acceptors (Lipinski definition) is 4. The van der Waals surface area contributed by atoms with Crippen LogP contribution in [0.5, 0.6) is 0 Å². The first-order chi connectivity index (χ1) is 14.3. The zero-order chi connectivity index (χ0) is 21.5.